The number of rotatable bonds is 8. The molecule has 1 atom stereocenters. The molecule has 1 amide bonds. The quantitative estimate of drug-likeness (QED) is 0.776. The molecule has 24 heavy (non-hydrogen) atoms. The molecule has 2 N–H and O–H groups in total. The summed E-state index contributed by atoms with van der Waals surface area (Å²) in [5.74, 6) is 1.09. The lowest BCUT2D eigenvalue weighted by molar-refractivity contribution is 0.0904. The van der Waals surface area contributed by atoms with Crippen LogP contribution in [0.4, 0.5) is 0 Å². The van der Waals surface area contributed by atoms with Gasteiger partial charge in [-0.25, -0.2) is 0 Å². The predicted octanol–water partition coefficient (Wildman–Crippen LogP) is 2.62. The van der Waals surface area contributed by atoms with Gasteiger partial charge in [0.1, 0.15) is 18.1 Å². The van der Waals surface area contributed by atoms with Gasteiger partial charge in [-0.15, -0.1) is 0 Å². The van der Waals surface area contributed by atoms with E-state index in [2.05, 4.69) is 5.32 Å². The van der Waals surface area contributed by atoms with E-state index < -0.39 is 0 Å². The van der Waals surface area contributed by atoms with E-state index in [4.69, 9.17) is 19.5 Å². The number of carbonyl (C=O) groups is 1. The van der Waals surface area contributed by atoms with Crippen LogP contribution in [0, 0.1) is 11.3 Å². The van der Waals surface area contributed by atoms with Crippen LogP contribution in [0.5, 0.6) is 5.75 Å². The van der Waals surface area contributed by atoms with Crippen LogP contribution in [-0.2, 0) is 6.61 Å². The third kappa shape index (κ3) is 5.14. The summed E-state index contributed by atoms with van der Waals surface area (Å²) in [7, 11) is 0. The molecule has 1 aromatic carbocycles. The topological polar surface area (TPSA) is 95.5 Å². The predicted molar refractivity (Wildman–Crippen MR) is 87.4 cm³/mol. The maximum absolute atomic E-state index is 12.0. The number of amides is 1. The summed E-state index contributed by atoms with van der Waals surface area (Å²) in [5.41, 5.74) is 0.564. The lowest BCUT2D eigenvalue weighted by Gasteiger charge is -2.11. The summed E-state index contributed by atoms with van der Waals surface area (Å²) in [4.78, 5) is 12.0. The molecule has 0 fully saturated rings. The first-order valence-electron chi connectivity index (χ1n) is 7.75. The minimum Gasteiger partial charge on any atom is -0.486 e. The summed E-state index contributed by atoms with van der Waals surface area (Å²) in [6, 6.07) is 12.1. The Labute approximate surface area is 140 Å². The molecule has 2 aromatic rings. The van der Waals surface area contributed by atoms with Crippen LogP contribution in [0.3, 0.4) is 0 Å². The summed E-state index contributed by atoms with van der Waals surface area (Å²) in [6.07, 6.45) is 1.35. The highest BCUT2D eigenvalue weighted by molar-refractivity contribution is 5.91. The number of ether oxygens (including phenoxy) is 1. The van der Waals surface area contributed by atoms with Crippen molar-refractivity contribution < 1.29 is 19.1 Å². The lowest BCUT2D eigenvalue weighted by atomic mass is 10.2. The van der Waals surface area contributed by atoms with Crippen molar-refractivity contribution in [1.82, 2.24) is 5.32 Å². The standard InChI is InChI=1S/C18H20N2O4/c1-13(3-2-10-21)20-18(22)17-9-8-16(24-17)12-23-15-6-4-14(11-19)5-7-15/h4-9,13,21H,2-3,10,12H2,1H3,(H,20,22). The first-order chi connectivity index (χ1) is 11.6. The smallest absolute Gasteiger partial charge is 0.287 e. The van der Waals surface area contributed by atoms with Crippen molar-refractivity contribution in [3.8, 4) is 11.8 Å². The van der Waals surface area contributed by atoms with Gasteiger partial charge in [-0.3, -0.25) is 4.79 Å². The second-order valence-electron chi connectivity index (χ2n) is 5.43. The van der Waals surface area contributed by atoms with E-state index in [9.17, 15) is 4.79 Å². The third-order valence-electron chi connectivity index (χ3n) is 3.42. The molecule has 6 heteroatoms. The van der Waals surface area contributed by atoms with Crippen molar-refractivity contribution in [2.24, 2.45) is 0 Å². The zero-order valence-corrected chi connectivity index (χ0v) is 13.5. The number of aliphatic hydroxyl groups is 1. The molecule has 0 spiro atoms. The highest BCUT2D eigenvalue weighted by atomic mass is 16.5. The van der Waals surface area contributed by atoms with Crippen molar-refractivity contribution in [3.63, 3.8) is 0 Å². The van der Waals surface area contributed by atoms with E-state index in [1.165, 1.54) is 0 Å². The summed E-state index contributed by atoms with van der Waals surface area (Å²) < 4.78 is 11.0. The van der Waals surface area contributed by atoms with Crippen LogP contribution in [0.1, 0.15) is 41.6 Å². The first kappa shape index (κ1) is 17.6. The van der Waals surface area contributed by atoms with Crippen LogP contribution in [0.15, 0.2) is 40.8 Å². The molecule has 0 aliphatic heterocycles. The Balaban J connectivity index is 1.85. The molecule has 0 aliphatic carbocycles. The van der Waals surface area contributed by atoms with Crippen molar-refractivity contribution in [3.05, 3.63) is 53.5 Å². The Bertz CT molecular complexity index is 701. The molecule has 0 saturated heterocycles. The second-order valence-corrected chi connectivity index (χ2v) is 5.43. The average molecular weight is 328 g/mol. The van der Waals surface area contributed by atoms with E-state index in [1.807, 2.05) is 13.0 Å². The van der Waals surface area contributed by atoms with Crippen LogP contribution >= 0.6 is 0 Å². The Morgan fingerprint density at radius 2 is 2.08 bits per heavy atom. The van der Waals surface area contributed by atoms with E-state index in [-0.39, 0.29) is 30.9 Å². The molecule has 126 valence electrons. The molecule has 0 saturated carbocycles. The third-order valence-corrected chi connectivity index (χ3v) is 3.42. The van der Waals surface area contributed by atoms with Gasteiger partial charge in [-0.2, -0.15) is 5.26 Å². The molecule has 0 bridgehead atoms. The average Bonchev–Trinajstić information content (AvgIpc) is 3.07. The number of benzene rings is 1. The van der Waals surface area contributed by atoms with Gasteiger partial charge in [0.05, 0.1) is 11.6 Å². The molecule has 1 heterocycles. The number of furan rings is 1. The molecule has 0 aliphatic rings. The summed E-state index contributed by atoms with van der Waals surface area (Å²) in [6.45, 7) is 2.18. The van der Waals surface area contributed by atoms with Gasteiger partial charge in [0.25, 0.3) is 5.91 Å². The van der Waals surface area contributed by atoms with Gasteiger partial charge in [-0.1, -0.05) is 0 Å². The Hall–Kier alpha value is -2.78. The van der Waals surface area contributed by atoms with Crippen LogP contribution < -0.4 is 10.1 Å². The fourth-order valence-corrected chi connectivity index (χ4v) is 2.12. The molecule has 1 unspecified atom stereocenters. The van der Waals surface area contributed by atoms with E-state index in [0.29, 0.717) is 29.9 Å². The summed E-state index contributed by atoms with van der Waals surface area (Å²) >= 11 is 0. The zero-order chi connectivity index (χ0) is 17.4. The minimum absolute atomic E-state index is 0.0342. The number of nitrogens with zero attached hydrogens (tertiary/aromatic N) is 1. The molecule has 2 rings (SSSR count). The number of nitrogens with one attached hydrogen (secondary N) is 1. The number of hydrogen-bond acceptors (Lipinski definition) is 5. The number of hydrogen-bond donors (Lipinski definition) is 2. The Kier molecular flexibility index (Phi) is 6.41. The van der Waals surface area contributed by atoms with Gasteiger partial charge in [0.15, 0.2) is 5.76 Å². The summed E-state index contributed by atoms with van der Waals surface area (Å²) in [5, 5.41) is 20.4. The first-order valence-corrected chi connectivity index (χ1v) is 7.75. The normalized spacial score (nSPS) is 11.5. The van der Waals surface area contributed by atoms with Gasteiger partial charge in [-0.05, 0) is 56.2 Å². The highest BCUT2D eigenvalue weighted by Gasteiger charge is 2.14. The SMILES string of the molecule is CC(CCCO)NC(=O)c1ccc(COc2ccc(C#N)cc2)o1. The number of carbonyl (C=O) groups excluding carboxylic acids is 1. The van der Waals surface area contributed by atoms with Gasteiger partial charge in [0.2, 0.25) is 0 Å². The molecular weight excluding hydrogens is 308 g/mol. The fourth-order valence-electron chi connectivity index (χ4n) is 2.12. The highest BCUT2D eigenvalue weighted by Crippen LogP contribution is 2.15. The maximum atomic E-state index is 12.0. The molecule has 6 nitrogen and oxygen atoms in total. The van der Waals surface area contributed by atoms with Crippen molar-refractivity contribution in [2.75, 3.05) is 6.61 Å². The minimum atomic E-state index is -0.287. The fraction of sp³-hybridized carbons (Fsp3) is 0.333. The van der Waals surface area contributed by atoms with Gasteiger partial charge < -0.3 is 19.6 Å². The zero-order valence-electron chi connectivity index (χ0n) is 13.5. The van der Waals surface area contributed by atoms with Gasteiger partial charge in [0, 0.05) is 12.6 Å². The second kappa shape index (κ2) is 8.75. The van der Waals surface area contributed by atoms with Gasteiger partial charge >= 0.3 is 0 Å². The molecular formula is C18H20N2O4. The van der Waals surface area contributed by atoms with E-state index in [0.717, 1.165) is 0 Å². The van der Waals surface area contributed by atoms with Crippen molar-refractivity contribution >= 4 is 5.91 Å². The largest absolute Gasteiger partial charge is 0.486 e. The van der Waals surface area contributed by atoms with E-state index in [1.54, 1.807) is 36.4 Å². The Morgan fingerprint density at radius 1 is 1.33 bits per heavy atom. The van der Waals surface area contributed by atoms with Crippen LogP contribution in [0.2, 0.25) is 0 Å². The van der Waals surface area contributed by atoms with Crippen molar-refractivity contribution in [1.29, 1.82) is 5.26 Å². The van der Waals surface area contributed by atoms with E-state index >= 15 is 0 Å². The molecule has 1 aromatic heterocycles. The molecule has 0 radical (unpaired) electrons. The lowest BCUT2D eigenvalue weighted by Crippen LogP contribution is -2.32. The van der Waals surface area contributed by atoms with Crippen LogP contribution in [0.25, 0.3) is 0 Å². The number of aliphatic hydroxyl groups excluding tert-OH is 1. The monoisotopic (exact) mass is 328 g/mol. The van der Waals surface area contributed by atoms with Crippen molar-refractivity contribution in [2.45, 2.75) is 32.4 Å². The number of nitriles is 1. The maximum Gasteiger partial charge on any atom is 0.287 e. The van der Waals surface area contributed by atoms with Crippen LogP contribution in [-0.4, -0.2) is 23.7 Å². The Morgan fingerprint density at radius 3 is 2.75 bits per heavy atom.